The first-order valence-corrected chi connectivity index (χ1v) is 17.6. The number of aryl methyl sites for hydroxylation is 1. The summed E-state index contributed by atoms with van der Waals surface area (Å²) in [5.41, 5.74) is 4.14. The fourth-order valence-electron chi connectivity index (χ4n) is 4.91. The van der Waals surface area contributed by atoms with E-state index in [-0.39, 0.29) is 6.42 Å². The van der Waals surface area contributed by atoms with Gasteiger partial charge in [0, 0.05) is 61.5 Å². The van der Waals surface area contributed by atoms with Crippen molar-refractivity contribution >= 4 is 27.9 Å². The second-order valence-electron chi connectivity index (χ2n) is 11.6. The lowest BCUT2D eigenvalue weighted by Gasteiger charge is -2.20. The molecule has 3 heterocycles. The van der Waals surface area contributed by atoms with E-state index in [1.54, 1.807) is 0 Å². The highest BCUT2D eigenvalue weighted by Crippen LogP contribution is 2.31. The molecule has 45 heavy (non-hydrogen) atoms. The Bertz CT molecular complexity index is 1160. The zero-order chi connectivity index (χ0) is 33.3. The Hall–Kier alpha value is -3.13. The average molecular weight is 686 g/mol. The number of carboxylic acids is 2. The molecule has 0 aromatic carbocycles. The first-order chi connectivity index (χ1) is 21.7. The van der Waals surface area contributed by atoms with Crippen LogP contribution in [0.5, 0.6) is 0 Å². The minimum atomic E-state index is -0.701. The van der Waals surface area contributed by atoms with Crippen LogP contribution in [-0.2, 0) is 16.1 Å². The third-order valence-electron chi connectivity index (χ3n) is 8.01. The molecule has 8 heteroatoms. The summed E-state index contributed by atoms with van der Waals surface area (Å²) in [7, 11) is 0. The summed E-state index contributed by atoms with van der Waals surface area (Å²) in [5.74, 6) is 0.355. The minimum Gasteiger partial charge on any atom is -0.481 e. The van der Waals surface area contributed by atoms with Crippen LogP contribution < -0.4 is 4.57 Å². The third-order valence-corrected chi connectivity index (χ3v) is 8.57. The molecule has 7 nitrogen and oxygen atoms in total. The number of hydrogen-bond acceptors (Lipinski definition) is 4. The largest absolute Gasteiger partial charge is 0.481 e. The van der Waals surface area contributed by atoms with E-state index in [0.29, 0.717) is 24.2 Å². The predicted molar refractivity (Wildman–Crippen MR) is 186 cm³/mol. The molecule has 0 saturated carbocycles. The molecule has 2 N–H and O–H groups in total. The van der Waals surface area contributed by atoms with Crippen molar-refractivity contribution in [2.45, 2.75) is 123 Å². The van der Waals surface area contributed by atoms with Crippen molar-refractivity contribution in [3.05, 3.63) is 90.3 Å². The van der Waals surface area contributed by atoms with Crippen molar-refractivity contribution in [2.24, 2.45) is 0 Å². The molecular weight excluding hydrogens is 630 g/mol. The number of unbranched alkanes of at least 4 members (excludes halogenated alkanes) is 4. The van der Waals surface area contributed by atoms with Crippen molar-refractivity contribution in [1.82, 2.24) is 9.97 Å². The van der Waals surface area contributed by atoms with E-state index >= 15 is 0 Å². The molecule has 0 aliphatic carbocycles. The Morgan fingerprint density at radius 3 is 1.64 bits per heavy atom. The van der Waals surface area contributed by atoms with Gasteiger partial charge in [-0.25, -0.2) is 4.57 Å². The summed E-state index contributed by atoms with van der Waals surface area (Å²) in [6.07, 6.45) is 21.5. The van der Waals surface area contributed by atoms with Crippen molar-refractivity contribution in [2.75, 3.05) is 5.33 Å². The first-order valence-electron chi connectivity index (χ1n) is 16.5. The van der Waals surface area contributed by atoms with E-state index in [0.717, 1.165) is 63.2 Å². The van der Waals surface area contributed by atoms with Crippen LogP contribution in [0.2, 0.25) is 0 Å². The maximum absolute atomic E-state index is 10.5. The zero-order valence-corrected chi connectivity index (χ0v) is 29.4. The maximum atomic E-state index is 10.5. The van der Waals surface area contributed by atoms with Crippen LogP contribution in [0.15, 0.2) is 73.6 Å². The molecule has 0 bridgehead atoms. The van der Waals surface area contributed by atoms with Gasteiger partial charge in [0.05, 0.1) is 0 Å². The van der Waals surface area contributed by atoms with Crippen LogP contribution >= 0.6 is 15.9 Å². The van der Waals surface area contributed by atoms with Crippen LogP contribution in [0, 0.1) is 0 Å². The average Bonchev–Trinajstić information content (AvgIpc) is 3.06. The molecule has 3 aromatic heterocycles. The molecular formula is C37H55BrN3O4+. The van der Waals surface area contributed by atoms with Crippen LogP contribution in [0.1, 0.15) is 133 Å². The van der Waals surface area contributed by atoms with E-state index in [4.69, 9.17) is 10.2 Å². The number of rotatable bonds is 18. The number of aromatic nitrogens is 3. The Morgan fingerprint density at radius 2 is 1.18 bits per heavy atom. The molecule has 248 valence electrons. The highest BCUT2D eigenvalue weighted by atomic mass is 79.9. The van der Waals surface area contributed by atoms with Crippen LogP contribution in [0.4, 0.5) is 0 Å². The van der Waals surface area contributed by atoms with Crippen molar-refractivity contribution < 1.29 is 24.4 Å². The molecule has 3 aromatic rings. The van der Waals surface area contributed by atoms with E-state index in [2.05, 4.69) is 107 Å². The van der Waals surface area contributed by atoms with Gasteiger partial charge < -0.3 is 10.2 Å². The summed E-state index contributed by atoms with van der Waals surface area (Å²) in [4.78, 5) is 28.5. The SMILES string of the molecule is CCC(C)c1ccncc1.CCC(CC(C)c1cc[n+](CCCCCC(=O)O)cc1)c1ccncc1.O=C(O)CCCCCBr. The number of carbonyl (C=O) groups is 2. The lowest BCUT2D eigenvalue weighted by atomic mass is 9.85. The number of nitrogens with zero attached hydrogens (tertiary/aromatic N) is 3. The zero-order valence-electron chi connectivity index (χ0n) is 27.8. The second-order valence-corrected chi connectivity index (χ2v) is 12.4. The Kier molecular flexibility index (Phi) is 22.3. The monoisotopic (exact) mass is 684 g/mol. The van der Waals surface area contributed by atoms with Gasteiger partial charge in [0.1, 0.15) is 6.54 Å². The molecule has 3 rings (SSSR count). The molecule has 0 aliphatic heterocycles. The van der Waals surface area contributed by atoms with Crippen molar-refractivity contribution in [3.63, 3.8) is 0 Å². The highest BCUT2D eigenvalue weighted by Gasteiger charge is 2.16. The highest BCUT2D eigenvalue weighted by molar-refractivity contribution is 9.09. The van der Waals surface area contributed by atoms with Gasteiger partial charge in [-0.05, 0) is 104 Å². The summed E-state index contributed by atoms with van der Waals surface area (Å²) < 4.78 is 2.19. The third kappa shape index (κ3) is 19.1. The Morgan fingerprint density at radius 1 is 0.689 bits per heavy atom. The van der Waals surface area contributed by atoms with E-state index in [1.165, 1.54) is 23.1 Å². The smallest absolute Gasteiger partial charge is 0.303 e. The van der Waals surface area contributed by atoms with Gasteiger partial charge >= 0.3 is 11.9 Å². The summed E-state index contributed by atoms with van der Waals surface area (Å²) in [6.45, 7) is 9.93. The predicted octanol–water partition coefficient (Wildman–Crippen LogP) is 9.32. The number of carboxylic acid groups (broad SMARTS) is 2. The van der Waals surface area contributed by atoms with Crippen molar-refractivity contribution in [3.8, 4) is 0 Å². The Labute approximate surface area is 279 Å². The van der Waals surface area contributed by atoms with Gasteiger partial charge in [-0.2, -0.15) is 0 Å². The Balaban J connectivity index is 0.000000434. The van der Waals surface area contributed by atoms with Gasteiger partial charge in [0.2, 0.25) is 0 Å². The number of alkyl halides is 1. The molecule has 0 saturated heterocycles. The molecule has 0 aliphatic rings. The first kappa shape index (κ1) is 39.9. The van der Waals surface area contributed by atoms with Gasteiger partial charge in [0.15, 0.2) is 12.4 Å². The fraction of sp³-hybridized carbons (Fsp3) is 0.541. The van der Waals surface area contributed by atoms with Gasteiger partial charge in [-0.3, -0.25) is 19.6 Å². The lowest BCUT2D eigenvalue weighted by molar-refractivity contribution is -0.697. The van der Waals surface area contributed by atoms with Crippen molar-refractivity contribution in [1.29, 1.82) is 0 Å². The van der Waals surface area contributed by atoms with Gasteiger partial charge in [0.25, 0.3) is 0 Å². The molecule has 0 amide bonds. The normalized spacial score (nSPS) is 12.5. The summed E-state index contributed by atoms with van der Waals surface area (Å²) in [5, 5.41) is 17.8. The van der Waals surface area contributed by atoms with E-state index in [1.807, 2.05) is 24.8 Å². The topological polar surface area (TPSA) is 104 Å². The van der Waals surface area contributed by atoms with E-state index < -0.39 is 11.9 Å². The molecule has 3 atom stereocenters. The number of pyridine rings is 3. The fourth-order valence-corrected chi connectivity index (χ4v) is 5.30. The van der Waals surface area contributed by atoms with E-state index in [9.17, 15) is 9.59 Å². The van der Waals surface area contributed by atoms with Crippen LogP contribution in [0.3, 0.4) is 0 Å². The summed E-state index contributed by atoms with van der Waals surface area (Å²) in [6, 6.07) is 12.9. The standard InChI is InChI=1S/C22H30N2O2.C9H13N.C6H11BrO2/c1-3-19(21-8-12-23-13-9-21)17-18(2)20-10-15-24(16-11-20)14-6-4-5-7-22(25)26;1-3-8(2)9-4-6-10-7-5-9;7-5-3-1-2-4-6(8)9/h8-13,15-16,18-19H,3-7,14,17H2,1-2H3;4-8H,3H2,1-2H3;1-5H2,(H,8,9)/p+1. The lowest BCUT2D eigenvalue weighted by Crippen LogP contribution is -2.32. The number of halogens is 1. The molecule has 3 unspecified atom stereocenters. The number of hydrogen-bond donors (Lipinski definition) is 2. The quantitative estimate of drug-likeness (QED) is 0.0786. The second kappa shape index (κ2) is 25.1. The maximum Gasteiger partial charge on any atom is 0.303 e. The van der Waals surface area contributed by atoms with Gasteiger partial charge in [-0.1, -0.05) is 50.0 Å². The van der Waals surface area contributed by atoms with Crippen LogP contribution in [-0.4, -0.2) is 37.4 Å². The summed E-state index contributed by atoms with van der Waals surface area (Å²) >= 11 is 3.27. The molecule has 0 radical (unpaired) electrons. The van der Waals surface area contributed by atoms with Crippen LogP contribution in [0.25, 0.3) is 0 Å². The van der Waals surface area contributed by atoms with Gasteiger partial charge in [-0.15, -0.1) is 0 Å². The molecule has 0 spiro atoms. The molecule has 0 fully saturated rings. The minimum absolute atomic E-state index is 0.275. The number of aliphatic carboxylic acids is 2.